The first kappa shape index (κ1) is 26.5. The van der Waals surface area contributed by atoms with Gasteiger partial charge in [-0.3, -0.25) is 0 Å². The van der Waals surface area contributed by atoms with Gasteiger partial charge in [0.1, 0.15) is 5.15 Å². The first-order valence-electron chi connectivity index (χ1n) is 9.26. The van der Waals surface area contributed by atoms with Gasteiger partial charge in [-0.05, 0) is 25.5 Å². The number of aliphatic imine (C=N–C) groups is 1. The highest BCUT2D eigenvalue weighted by Gasteiger charge is 2.15. The Morgan fingerprint density at radius 3 is 2.30 bits per heavy atom. The second-order valence-corrected chi connectivity index (χ2v) is 6.96. The topological polar surface area (TPSA) is 69.0 Å². The molecule has 0 saturated heterocycles. The Morgan fingerprint density at radius 2 is 1.77 bits per heavy atom. The first-order valence-corrected chi connectivity index (χ1v) is 10.0. The maximum atomic E-state index is 6.12. The fraction of sp³-hybridized carbons (Fsp3) is 0.450. The molecule has 0 bridgehead atoms. The molecule has 0 aliphatic rings. The van der Waals surface area contributed by atoms with E-state index in [9.17, 15) is 0 Å². The van der Waals surface area contributed by atoms with Gasteiger partial charge in [0.05, 0.1) is 32.9 Å². The molecule has 1 heterocycles. The summed E-state index contributed by atoms with van der Waals surface area (Å²) < 4.78 is 18.1. The Bertz CT molecular complexity index is 859. The van der Waals surface area contributed by atoms with Crippen LogP contribution in [0.25, 0.3) is 0 Å². The molecule has 2 N–H and O–H groups in total. The zero-order chi connectivity index (χ0) is 21.4. The number of nitrogens with zero attached hydrogens (tertiary/aromatic N) is 2. The van der Waals surface area contributed by atoms with E-state index in [1.807, 2.05) is 36.7 Å². The van der Waals surface area contributed by atoms with Crippen LogP contribution < -0.4 is 24.8 Å². The van der Waals surface area contributed by atoms with E-state index < -0.39 is 0 Å². The minimum absolute atomic E-state index is 0. The Kier molecular flexibility index (Phi) is 11.5. The standard InChI is InChI=1S/C20H28Cl2N4O3.HI/c1-6-23-20(25-12-14-11-15(21)19(22)26(14)2)24-10-9-13-7-8-16(27-3)18(29-5)17(13)28-4;/h7-8,11H,6,9-10,12H2,1-5H3,(H2,23,24,25);1H. The van der Waals surface area contributed by atoms with Crippen molar-refractivity contribution >= 4 is 53.1 Å². The average molecular weight is 571 g/mol. The van der Waals surface area contributed by atoms with Crippen molar-refractivity contribution in [3.8, 4) is 17.2 Å². The van der Waals surface area contributed by atoms with Gasteiger partial charge >= 0.3 is 0 Å². The molecule has 0 radical (unpaired) electrons. The lowest BCUT2D eigenvalue weighted by atomic mass is 10.1. The van der Waals surface area contributed by atoms with Crippen molar-refractivity contribution in [1.82, 2.24) is 15.2 Å². The van der Waals surface area contributed by atoms with Crippen molar-refractivity contribution in [2.45, 2.75) is 19.9 Å². The van der Waals surface area contributed by atoms with Gasteiger partial charge in [0, 0.05) is 31.4 Å². The molecule has 0 amide bonds. The second kappa shape index (κ2) is 13.0. The number of guanidine groups is 1. The van der Waals surface area contributed by atoms with Gasteiger partial charge in [0.25, 0.3) is 0 Å². The Hall–Kier alpha value is -1.52. The van der Waals surface area contributed by atoms with Crippen LogP contribution in [-0.4, -0.2) is 44.9 Å². The Balaban J connectivity index is 0.00000450. The first-order chi connectivity index (χ1) is 14.0. The number of methoxy groups -OCH3 is 3. The van der Waals surface area contributed by atoms with Crippen LogP contribution in [0, 0.1) is 0 Å². The number of hydrogen-bond acceptors (Lipinski definition) is 4. The normalized spacial score (nSPS) is 11.0. The fourth-order valence-corrected chi connectivity index (χ4v) is 3.33. The number of benzene rings is 1. The Labute approximate surface area is 205 Å². The largest absolute Gasteiger partial charge is 0.493 e. The van der Waals surface area contributed by atoms with Crippen molar-refractivity contribution in [2.75, 3.05) is 34.4 Å². The van der Waals surface area contributed by atoms with Gasteiger partial charge in [-0.15, -0.1) is 24.0 Å². The molecule has 0 atom stereocenters. The molecule has 2 aromatic rings. The fourth-order valence-electron chi connectivity index (χ4n) is 2.92. The van der Waals surface area contributed by atoms with Crippen LogP contribution in [0.15, 0.2) is 23.2 Å². The highest BCUT2D eigenvalue weighted by atomic mass is 127. The van der Waals surface area contributed by atoms with Crippen LogP contribution in [0.1, 0.15) is 18.2 Å². The number of rotatable bonds is 9. The average Bonchev–Trinajstić information content (AvgIpc) is 2.97. The summed E-state index contributed by atoms with van der Waals surface area (Å²) in [4.78, 5) is 4.61. The highest BCUT2D eigenvalue weighted by molar-refractivity contribution is 14.0. The molecule has 0 unspecified atom stereocenters. The van der Waals surface area contributed by atoms with E-state index >= 15 is 0 Å². The molecule has 168 valence electrons. The SMILES string of the molecule is CCNC(=NCc1cc(Cl)c(Cl)n1C)NCCc1ccc(OC)c(OC)c1OC.I. The summed E-state index contributed by atoms with van der Waals surface area (Å²) >= 11 is 12.2. The molecule has 1 aromatic heterocycles. The third-order valence-electron chi connectivity index (χ3n) is 4.43. The van der Waals surface area contributed by atoms with Gasteiger partial charge in [-0.25, -0.2) is 4.99 Å². The quantitative estimate of drug-likeness (QED) is 0.268. The predicted octanol–water partition coefficient (Wildman–Crippen LogP) is 4.27. The maximum Gasteiger partial charge on any atom is 0.203 e. The summed E-state index contributed by atoms with van der Waals surface area (Å²) in [7, 11) is 6.68. The zero-order valence-corrected chi connectivity index (χ0v) is 21.7. The van der Waals surface area contributed by atoms with Crippen molar-refractivity contribution in [3.63, 3.8) is 0 Å². The molecule has 0 fully saturated rings. The lowest BCUT2D eigenvalue weighted by Gasteiger charge is -2.16. The van der Waals surface area contributed by atoms with E-state index in [0.29, 0.717) is 46.5 Å². The van der Waals surface area contributed by atoms with Gasteiger partial charge in [0.2, 0.25) is 5.75 Å². The van der Waals surface area contributed by atoms with E-state index in [1.54, 1.807) is 21.3 Å². The summed E-state index contributed by atoms with van der Waals surface area (Å²) in [5, 5.41) is 7.61. The molecular weight excluding hydrogens is 542 g/mol. The summed E-state index contributed by atoms with van der Waals surface area (Å²) in [5.74, 6) is 2.60. The highest BCUT2D eigenvalue weighted by Crippen LogP contribution is 2.39. The van der Waals surface area contributed by atoms with Crippen molar-refractivity contribution in [1.29, 1.82) is 0 Å². The van der Waals surface area contributed by atoms with Crippen LogP contribution >= 0.6 is 47.2 Å². The van der Waals surface area contributed by atoms with Crippen LogP contribution in [0.3, 0.4) is 0 Å². The summed E-state index contributed by atoms with van der Waals surface area (Å²) in [5.41, 5.74) is 1.94. The number of nitrogens with one attached hydrogen (secondary N) is 2. The Morgan fingerprint density at radius 1 is 1.07 bits per heavy atom. The van der Waals surface area contributed by atoms with Gasteiger partial charge in [-0.2, -0.15) is 0 Å². The maximum absolute atomic E-state index is 6.12. The van der Waals surface area contributed by atoms with E-state index in [0.717, 1.165) is 24.2 Å². The number of aromatic nitrogens is 1. The lowest BCUT2D eigenvalue weighted by molar-refractivity contribution is 0.322. The molecular formula is C20H29Cl2IN4O3. The molecule has 0 saturated carbocycles. The second-order valence-electron chi connectivity index (χ2n) is 6.20. The van der Waals surface area contributed by atoms with E-state index in [1.165, 1.54) is 0 Å². The van der Waals surface area contributed by atoms with Gasteiger partial charge < -0.3 is 29.4 Å². The van der Waals surface area contributed by atoms with Gasteiger partial charge in [0.15, 0.2) is 17.5 Å². The minimum atomic E-state index is 0. The lowest BCUT2D eigenvalue weighted by Crippen LogP contribution is -2.38. The minimum Gasteiger partial charge on any atom is -0.493 e. The van der Waals surface area contributed by atoms with Crippen molar-refractivity contribution < 1.29 is 14.2 Å². The smallest absolute Gasteiger partial charge is 0.203 e. The monoisotopic (exact) mass is 570 g/mol. The third kappa shape index (κ3) is 6.49. The van der Waals surface area contributed by atoms with E-state index in [2.05, 4.69) is 15.6 Å². The summed E-state index contributed by atoms with van der Waals surface area (Å²) in [6.07, 6.45) is 0.718. The third-order valence-corrected chi connectivity index (χ3v) is 5.27. The zero-order valence-electron chi connectivity index (χ0n) is 17.8. The van der Waals surface area contributed by atoms with Crippen LogP contribution in [0.5, 0.6) is 17.2 Å². The van der Waals surface area contributed by atoms with E-state index in [4.69, 9.17) is 37.4 Å². The predicted molar refractivity (Wildman–Crippen MR) is 133 cm³/mol. The number of halogens is 3. The number of hydrogen-bond donors (Lipinski definition) is 2. The van der Waals surface area contributed by atoms with Crippen LogP contribution in [-0.2, 0) is 20.0 Å². The molecule has 7 nitrogen and oxygen atoms in total. The molecule has 10 heteroatoms. The van der Waals surface area contributed by atoms with E-state index in [-0.39, 0.29) is 24.0 Å². The molecule has 0 aliphatic heterocycles. The molecule has 0 aliphatic carbocycles. The van der Waals surface area contributed by atoms with Crippen molar-refractivity contribution in [3.05, 3.63) is 39.6 Å². The van der Waals surface area contributed by atoms with Crippen LogP contribution in [0.2, 0.25) is 10.2 Å². The molecule has 0 spiro atoms. The van der Waals surface area contributed by atoms with Crippen LogP contribution in [0.4, 0.5) is 0 Å². The molecule has 2 rings (SSSR count). The van der Waals surface area contributed by atoms with Crippen molar-refractivity contribution in [2.24, 2.45) is 12.0 Å². The molecule has 30 heavy (non-hydrogen) atoms. The summed E-state index contributed by atoms with van der Waals surface area (Å²) in [6.45, 7) is 3.88. The summed E-state index contributed by atoms with van der Waals surface area (Å²) in [6, 6.07) is 5.67. The van der Waals surface area contributed by atoms with Gasteiger partial charge in [-0.1, -0.05) is 29.3 Å². The number of ether oxygens (including phenoxy) is 3. The molecule has 1 aromatic carbocycles.